The van der Waals surface area contributed by atoms with Crippen LogP contribution < -0.4 is 9.84 Å². The van der Waals surface area contributed by atoms with Crippen LogP contribution in [0.25, 0.3) is 12.2 Å². The van der Waals surface area contributed by atoms with E-state index in [0.717, 1.165) is 10.9 Å². The highest BCUT2D eigenvalue weighted by atomic mass is 32.2. The molecule has 0 aliphatic rings. The lowest BCUT2D eigenvalue weighted by molar-refractivity contribution is -0.387. The summed E-state index contributed by atoms with van der Waals surface area (Å²) in [5, 5.41) is 22.9. The van der Waals surface area contributed by atoms with E-state index < -0.39 is 31.2 Å². The van der Waals surface area contributed by atoms with E-state index in [1.165, 1.54) is 42.5 Å². The zero-order valence-corrected chi connectivity index (χ0v) is 17.4. The fourth-order valence-corrected chi connectivity index (χ4v) is 4.13. The first-order valence-corrected chi connectivity index (χ1v) is 10.8. The van der Waals surface area contributed by atoms with E-state index in [0.29, 0.717) is 10.3 Å². The molecule has 0 aliphatic heterocycles. The van der Waals surface area contributed by atoms with Crippen molar-refractivity contribution < 1.29 is 22.7 Å². The summed E-state index contributed by atoms with van der Waals surface area (Å²) in [6.45, 7) is 2.95. The van der Waals surface area contributed by atoms with Gasteiger partial charge in [-0.2, -0.15) is 8.42 Å². The predicted octanol–water partition coefficient (Wildman–Crippen LogP) is 3.13. The average Bonchev–Trinajstić information content (AvgIpc) is 3.18. The molecule has 1 aromatic carbocycles. The standard InChI is InChI=1S/C19H16N2O7S2/c1-12-5-8-16(11-17(12)22)30(26,27)28-20-14(6-7-15-4-3-9-29-15)10-13(2)18(19(20)23)21(24)25/h3-11,22H,1-2H3. The summed E-state index contributed by atoms with van der Waals surface area (Å²) >= 11 is 1.41. The fourth-order valence-electron chi connectivity index (χ4n) is 2.59. The molecule has 9 nitrogen and oxygen atoms in total. The molecular weight excluding hydrogens is 432 g/mol. The minimum absolute atomic E-state index is 0.00333. The lowest BCUT2D eigenvalue weighted by atomic mass is 10.2. The lowest BCUT2D eigenvalue weighted by Crippen LogP contribution is -2.34. The molecule has 2 aromatic heterocycles. The third-order valence-electron chi connectivity index (χ3n) is 4.15. The molecule has 0 spiro atoms. The SMILES string of the molecule is Cc1ccc(S(=O)(=O)On2c(C=Cc3cccs3)cc(C)c([N+](=O)[O-])c2=O)cc1O. The minimum atomic E-state index is -4.58. The highest BCUT2D eigenvalue weighted by Gasteiger charge is 2.26. The second-order valence-corrected chi connectivity index (χ2v) is 8.79. The van der Waals surface area contributed by atoms with Gasteiger partial charge in [-0.3, -0.25) is 19.2 Å². The van der Waals surface area contributed by atoms with Gasteiger partial charge in [-0.25, -0.2) is 0 Å². The summed E-state index contributed by atoms with van der Waals surface area (Å²) in [6, 6.07) is 8.42. The van der Waals surface area contributed by atoms with E-state index in [2.05, 4.69) is 0 Å². The lowest BCUT2D eigenvalue weighted by Gasteiger charge is -2.13. The Bertz CT molecular complexity index is 1310. The van der Waals surface area contributed by atoms with Crippen LogP contribution in [0.5, 0.6) is 5.75 Å². The maximum atomic E-state index is 12.7. The number of thiophene rings is 1. The van der Waals surface area contributed by atoms with Gasteiger partial charge in [0.1, 0.15) is 10.6 Å². The molecule has 0 saturated carbocycles. The minimum Gasteiger partial charge on any atom is -0.508 e. The van der Waals surface area contributed by atoms with E-state index in [4.69, 9.17) is 4.28 Å². The number of hydrogen-bond acceptors (Lipinski definition) is 8. The van der Waals surface area contributed by atoms with Crippen molar-refractivity contribution in [2.24, 2.45) is 0 Å². The Hall–Kier alpha value is -3.44. The van der Waals surface area contributed by atoms with Crippen LogP contribution in [0.1, 0.15) is 21.7 Å². The third kappa shape index (κ3) is 4.26. The molecule has 0 radical (unpaired) electrons. The number of benzene rings is 1. The Kier molecular flexibility index (Phi) is 5.76. The maximum Gasteiger partial charge on any atom is 0.363 e. The number of aromatic hydroxyl groups is 1. The van der Waals surface area contributed by atoms with Gasteiger partial charge >= 0.3 is 21.4 Å². The topological polar surface area (TPSA) is 129 Å². The molecular formula is C19H16N2O7S2. The van der Waals surface area contributed by atoms with Gasteiger partial charge in [-0.05, 0) is 55.1 Å². The molecule has 0 atom stereocenters. The number of phenols is 1. The zero-order chi connectivity index (χ0) is 22.1. The van der Waals surface area contributed by atoms with Crippen LogP contribution in [0.2, 0.25) is 0 Å². The largest absolute Gasteiger partial charge is 0.508 e. The maximum absolute atomic E-state index is 12.7. The Morgan fingerprint density at radius 1 is 1.17 bits per heavy atom. The van der Waals surface area contributed by atoms with E-state index in [-0.39, 0.29) is 17.0 Å². The Labute approximate surface area is 175 Å². The van der Waals surface area contributed by atoms with Gasteiger partial charge in [0.05, 0.1) is 10.6 Å². The quantitative estimate of drug-likeness (QED) is 0.453. The number of aromatic nitrogens is 1. The average molecular weight is 448 g/mol. The Morgan fingerprint density at radius 2 is 1.90 bits per heavy atom. The summed E-state index contributed by atoms with van der Waals surface area (Å²) < 4.78 is 30.7. The highest BCUT2D eigenvalue weighted by molar-refractivity contribution is 7.87. The van der Waals surface area contributed by atoms with Gasteiger partial charge in [0.2, 0.25) is 0 Å². The van der Waals surface area contributed by atoms with Crippen LogP contribution in [-0.4, -0.2) is 23.2 Å². The fraction of sp³-hybridized carbons (Fsp3) is 0.105. The summed E-state index contributed by atoms with van der Waals surface area (Å²) in [6.07, 6.45) is 3.04. The van der Waals surface area contributed by atoms with Gasteiger partial charge in [0, 0.05) is 16.5 Å². The van der Waals surface area contributed by atoms with Crippen molar-refractivity contribution in [2.75, 3.05) is 0 Å². The van der Waals surface area contributed by atoms with E-state index in [9.17, 15) is 28.4 Å². The van der Waals surface area contributed by atoms with Gasteiger partial charge < -0.3 is 5.11 Å². The van der Waals surface area contributed by atoms with Crippen molar-refractivity contribution >= 4 is 39.3 Å². The second-order valence-electron chi connectivity index (χ2n) is 6.28. The molecule has 3 rings (SSSR count). The molecule has 156 valence electrons. The number of hydrogen-bond donors (Lipinski definition) is 1. The smallest absolute Gasteiger partial charge is 0.363 e. The van der Waals surface area contributed by atoms with Gasteiger partial charge in [0.15, 0.2) is 0 Å². The van der Waals surface area contributed by atoms with Crippen LogP contribution in [0.3, 0.4) is 0 Å². The van der Waals surface area contributed by atoms with Crippen molar-refractivity contribution in [1.29, 1.82) is 0 Å². The monoisotopic (exact) mass is 448 g/mol. The number of nitro groups is 1. The number of phenolic OH excluding ortho intramolecular Hbond substituents is 1. The molecule has 0 unspecified atom stereocenters. The molecule has 0 fully saturated rings. The molecule has 11 heteroatoms. The number of aryl methyl sites for hydroxylation is 2. The van der Waals surface area contributed by atoms with Crippen molar-refractivity contribution in [2.45, 2.75) is 18.7 Å². The van der Waals surface area contributed by atoms with Gasteiger partial charge in [-0.15, -0.1) is 16.1 Å². The molecule has 3 aromatic rings. The molecule has 0 aliphatic carbocycles. The van der Waals surface area contributed by atoms with Crippen molar-refractivity contribution in [3.63, 3.8) is 0 Å². The zero-order valence-electron chi connectivity index (χ0n) is 15.8. The molecule has 30 heavy (non-hydrogen) atoms. The molecule has 0 bridgehead atoms. The second kappa shape index (κ2) is 8.13. The van der Waals surface area contributed by atoms with Gasteiger partial charge in [0.25, 0.3) is 0 Å². The highest BCUT2D eigenvalue weighted by Crippen LogP contribution is 2.22. The molecule has 0 saturated heterocycles. The summed E-state index contributed by atoms with van der Waals surface area (Å²) in [5.74, 6) is -0.278. The Morgan fingerprint density at radius 3 is 2.50 bits per heavy atom. The van der Waals surface area contributed by atoms with Crippen LogP contribution in [0.4, 0.5) is 5.69 Å². The normalized spacial score (nSPS) is 11.7. The number of nitrogens with zero attached hydrogens (tertiary/aromatic N) is 2. The van der Waals surface area contributed by atoms with Crippen LogP contribution in [-0.2, 0) is 10.1 Å². The van der Waals surface area contributed by atoms with Crippen molar-refractivity contribution in [3.05, 3.63) is 83.9 Å². The van der Waals surface area contributed by atoms with Crippen molar-refractivity contribution in [1.82, 2.24) is 4.73 Å². The first-order chi connectivity index (χ1) is 14.1. The first-order valence-electron chi connectivity index (χ1n) is 8.47. The van der Waals surface area contributed by atoms with Crippen molar-refractivity contribution in [3.8, 4) is 5.75 Å². The number of pyridine rings is 1. The first kappa shape index (κ1) is 21.3. The molecule has 0 amide bonds. The van der Waals surface area contributed by atoms with Crippen LogP contribution >= 0.6 is 11.3 Å². The van der Waals surface area contributed by atoms with E-state index >= 15 is 0 Å². The van der Waals surface area contributed by atoms with Crippen LogP contribution in [0.15, 0.2) is 51.5 Å². The summed E-state index contributed by atoms with van der Waals surface area (Å²) in [5.41, 5.74) is -1.54. The Balaban J connectivity index is 2.15. The van der Waals surface area contributed by atoms with E-state index in [1.54, 1.807) is 19.1 Å². The van der Waals surface area contributed by atoms with Gasteiger partial charge in [-0.1, -0.05) is 12.1 Å². The molecule has 1 N–H and O–H groups in total. The number of rotatable bonds is 6. The summed E-state index contributed by atoms with van der Waals surface area (Å²) in [7, 11) is -4.58. The van der Waals surface area contributed by atoms with Crippen LogP contribution in [0, 0.1) is 24.0 Å². The summed E-state index contributed by atoms with van der Waals surface area (Å²) in [4.78, 5) is 23.5. The van der Waals surface area contributed by atoms with E-state index in [1.807, 2.05) is 11.4 Å². The third-order valence-corrected chi connectivity index (χ3v) is 6.16. The molecule has 2 heterocycles. The predicted molar refractivity (Wildman–Crippen MR) is 112 cm³/mol.